The van der Waals surface area contributed by atoms with Crippen LogP contribution in [-0.4, -0.2) is 20.2 Å². The van der Waals surface area contributed by atoms with Gasteiger partial charge >= 0.3 is 0 Å². The average Bonchev–Trinajstić information content (AvgIpc) is 3.09. The van der Waals surface area contributed by atoms with E-state index in [0.717, 1.165) is 11.4 Å². The first-order valence-electron chi connectivity index (χ1n) is 6.81. The van der Waals surface area contributed by atoms with Gasteiger partial charge in [-0.1, -0.05) is 12.1 Å². The van der Waals surface area contributed by atoms with Gasteiger partial charge in [-0.3, -0.25) is 0 Å². The maximum atomic E-state index is 3.97. The van der Waals surface area contributed by atoms with Crippen molar-refractivity contribution in [3.63, 3.8) is 0 Å². The lowest BCUT2D eigenvalue weighted by molar-refractivity contribution is 0.785. The molecular weight excluding hydrogens is 282 g/mol. The predicted octanol–water partition coefficient (Wildman–Crippen LogP) is 3.51. The van der Waals surface area contributed by atoms with Crippen LogP contribution >= 0.6 is 11.3 Å². The van der Waals surface area contributed by atoms with Gasteiger partial charge in [0, 0.05) is 15.8 Å². The summed E-state index contributed by atoms with van der Waals surface area (Å²) in [5.74, 6) is 0. The van der Waals surface area contributed by atoms with Crippen molar-refractivity contribution in [2.45, 2.75) is 26.8 Å². The molecule has 1 atom stereocenters. The first kappa shape index (κ1) is 13.8. The summed E-state index contributed by atoms with van der Waals surface area (Å²) in [6, 6.07) is 10.5. The third kappa shape index (κ3) is 2.80. The third-order valence-electron chi connectivity index (χ3n) is 3.42. The molecule has 108 valence electrons. The SMILES string of the molecule is Cc1cc(C(C)Nc2ccccc2-n2cnnn2)c(C)s1. The Bertz CT molecular complexity index is 732. The molecule has 0 saturated heterocycles. The highest BCUT2D eigenvalue weighted by atomic mass is 32.1. The lowest BCUT2D eigenvalue weighted by atomic mass is 10.1. The van der Waals surface area contributed by atoms with Crippen LogP contribution in [0.15, 0.2) is 36.7 Å². The first-order valence-corrected chi connectivity index (χ1v) is 7.62. The summed E-state index contributed by atoms with van der Waals surface area (Å²) in [5.41, 5.74) is 3.29. The molecule has 6 heteroatoms. The number of anilines is 1. The normalized spacial score (nSPS) is 12.3. The molecule has 0 fully saturated rings. The van der Waals surface area contributed by atoms with Gasteiger partial charge in [-0.25, -0.2) is 0 Å². The van der Waals surface area contributed by atoms with Crippen molar-refractivity contribution in [2.24, 2.45) is 0 Å². The van der Waals surface area contributed by atoms with Gasteiger partial charge in [0.1, 0.15) is 6.33 Å². The maximum absolute atomic E-state index is 3.97. The Labute approximate surface area is 127 Å². The fourth-order valence-corrected chi connectivity index (χ4v) is 3.48. The number of thiophene rings is 1. The Hall–Kier alpha value is -2.21. The Morgan fingerprint density at radius 2 is 2.05 bits per heavy atom. The largest absolute Gasteiger partial charge is 0.377 e. The highest BCUT2D eigenvalue weighted by Crippen LogP contribution is 2.30. The van der Waals surface area contributed by atoms with Gasteiger partial charge in [-0.05, 0) is 55.0 Å². The average molecular weight is 299 g/mol. The van der Waals surface area contributed by atoms with Gasteiger partial charge < -0.3 is 5.32 Å². The quantitative estimate of drug-likeness (QED) is 0.801. The van der Waals surface area contributed by atoms with Crippen molar-refractivity contribution in [2.75, 3.05) is 5.32 Å². The zero-order chi connectivity index (χ0) is 14.8. The van der Waals surface area contributed by atoms with E-state index in [4.69, 9.17) is 0 Å². The molecule has 1 aromatic carbocycles. The first-order chi connectivity index (χ1) is 10.1. The molecule has 21 heavy (non-hydrogen) atoms. The Balaban J connectivity index is 1.90. The summed E-state index contributed by atoms with van der Waals surface area (Å²) in [6.45, 7) is 6.48. The molecule has 0 aliphatic rings. The van der Waals surface area contributed by atoms with Crippen molar-refractivity contribution in [3.05, 3.63) is 52.0 Å². The number of rotatable bonds is 4. The van der Waals surface area contributed by atoms with Gasteiger partial charge in [0.2, 0.25) is 0 Å². The lowest BCUT2D eigenvalue weighted by Gasteiger charge is -2.17. The molecule has 0 aliphatic heterocycles. The zero-order valence-corrected chi connectivity index (χ0v) is 13.1. The number of tetrazole rings is 1. The summed E-state index contributed by atoms with van der Waals surface area (Å²) in [6.07, 6.45) is 1.60. The molecule has 0 aliphatic carbocycles. The van der Waals surface area contributed by atoms with E-state index in [1.807, 2.05) is 35.6 Å². The molecule has 0 amide bonds. The van der Waals surface area contributed by atoms with Gasteiger partial charge in [0.25, 0.3) is 0 Å². The minimum absolute atomic E-state index is 0.229. The van der Waals surface area contributed by atoms with Crippen LogP contribution in [0.25, 0.3) is 5.69 Å². The second-order valence-electron chi connectivity index (χ2n) is 5.01. The Morgan fingerprint density at radius 1 is 1.24 bits per heavy atom. The van der Waals surface area contributed by atoms with Crippen LogP contribution in [0.1, 0.15) is 28.3 Å². The zero-order valence-electron chi connectivity index (χ0n) is 12.2. The van der Waals surface area contributed by atoms with Crippen LogP contribution in [-0.2, 0) is 0 Å². The summed E-state index contributed by atoms with van der Waals surface area (Å²) in [7, 11) is 0. The molecule has 3 rings (SSSR count). The van der Waals surface area contributed by atoms with Gasteiger partial charge in [0.05, 0.1) is 11.4 Å². The van der Waals surface area contributed by atoms with Crippen LogP contribution in [0.4, 0.5) is 5.69 Å². The molecular formula is C15H17N5S. The van der Waals surface area contributed by atoms with Crippen LogP contribution in [0.2, 0.25) is 0 Å². The molecule has 0 saturated carbocycles. The van der Waals surface area contributed by atoms with Crippen molar-refractivity contribution >= 4 is 17.0 Å². The van der Waals surface area contributed by atoms with E-state index < -0.39 is 0 Å². The van der Waals surface area contributed by atoms with E-state index in [0.29, 0.717) is 0 Å². The fraction of sp³-hybridized carbons (Fsp3) is 0.267. The Kier molecular flexibility index (Phi) is 3.70. The number of hydrogen-bond acceptors (Lipinski definition) is 5. The van der Waals surface area contributed by atoms with E-state index >= 15 is 0 Å². The summed E-state index contributed by atoms with van der Waals surface area (Å²) in [5, 5.41) is 14.9. The van der Waals surface area contributed by atoms with Crippen LogP contribution < -0.4 is 5.32 Å². The highest BCUT2D eigenvalue weighted by molar-refractivity contribution is 7.12. The van der Waals surface area contributed by atoms with Crippen molar-refractivity contribution < 1.29 is 0 Å². The van der Waals surface area contributed by atoms with Gasteiger partial charge in [0.15, 0.2) is 0 Å². The van der Waals surface area contributed by atoms with Crippen LogP contribution in [0.3, 0.4) is 0 Å². The molecule has 1 N–H and O–H groups in total. The number of para-hydroxylation sites is 2. The molecule has 2 heterocycles. The molecule has 0 spiro atoms. The number of nitrogens with one attached hydrogen (secondary N) is 1. The van der Waals surface area contributed by atoms with E-state index in [1.54, 1.807) is 11.0 Å². The number of nitrogens with zero attached hydrogens (tertiary/aromatic N) is 4. The number of aryl methyl sites for hydroxylation is 2. The van der Waals surface area contributed by atoms with Crippen LogP contribution in [0, 0.1) is 13.8 Å². The topological polar surface area (TPSA) is 55.6 Å². The second-order valence-corrected chi connectivity index (χ2v) is 6.47. The molecule has 0 bridgehead atoms. The lowest BCUT2D eigenvalue weighted by Crippen LogP contribution is -2.09. The number of aromatic nitrogens is 4. The van der Waals surface area contributed by atoms with E-state index in [1.165, 1.54) is 15.3 Å². The molecule has 2 aromatic heterocycles. The van der Waals surface area contributed by atoms with Crippen molar-refractivity contribution in [1.82, 2.24) is 20.2 Å². The number of benzene rings is 1. The monoisotopic (exact) mass is 299 g/mol. The van der Waals surface area contributed by atoms with Crippen molar-refractivity contribution in [1.29, 1.82) is 0 Å². The van der Waals surface area contributed by atoms with Gasteiger partial charge in [-0.2, -0.15) is 4.68 Å². The van der Waals surface area contributed by atoms with E-state index in [9.17, 15) is 0 Å². The molecule has 1 unspecified atom stereocenters. The van der Waals surface area contributed by atoms with E-state index in [-0.39, 0.29) is 6.04 Å². The summed E-state index contributed by atoms with van der Waals surface area (Å²) in [4.78, 5) is 2.69. The molecule has 5 nitrogen and oxygen atoms in total. The third-order valence-corrected chi connectivity index (χ3v) is 4.40. The second kappa shape index (κ2) is 5.65. The summed E-state index contributed by atoms with van der Waals surface area (Å²) < 4.78 is 1.67. The predicted molar refractivity (Wildman–Crippen MR) is 85.0 cm³/mol. The Morgan fingerprint density at radius 3 is 2.71 bits per heavy atom. The fourth-order valence-electron chi connectivity index (χ4n) is 2.46. The van der Waals surface area contributed by atoms with Gasteiger partial charge in [-0.15, -0.1) is 16.4 Å². The molecule has 3 aromatic rings. The van der Waals surface area contributed by atoms with Crippen molar-refractivity contribution in [3.8, 4) is 5.69 Å². The van der Waals surface area contributed by atoms with Crippen LogP contribution in [0.5, 0.6) is 0 Å². The highest BCUT2D eigenvalue weighted by Gasteiger charge is 2.13. The molecule has 0 radical (unpaired) electrons. The smallest absolute Gasteiger partial charge is 0.143 e. The standard InChI is InChI=1S/C15H17N5S/c1-10-8-13(12(3)21-10)11(2)17-14-6-4-5-7-15(14)20-9-16-18-19-20/h4-9,11,17H,1-3H3. The minimum Gasteiger partial charge on any atom is -0.377 e. The summed E-state index contributed by atoms with van der Waals surface area (Å²) >= 11 is 1.83. The number of hydrogen-bond donors (Lipinski definition) is 1. The minimum atomic E-state index is 0.229. The van der Waals surface area contributed by atoms with E-state index in [2.05, 4.69) is 47.7 Å². The maximum Gasteiger partial charge on any atom is 0.143 e.